The van der Waals surface area contributed by atoms with E-state index in [-0.39, 0.29) is 5.69 Å². The lowest BCUT2D eigenvalue weighted by Crippen LogP contribution is -2.00. The third-order valence-electron chi connectivity index (χ3n) is 2.36. The molecule has 0 unspecified atom stereocenters. The molecule has 86 valence electrons. The minimum absolute atomic E-state index is 0.0302. The van der Waals surface area contributed by atoms with Gasteiger partial charge in [0.15, 0.2) is 0 Å². The third-order valence-corrected chi connectivity index (χ3v) is 2.36. The summed E-state index contributed by atoms with van der Waals surface area (Å²) in [6.07, 6.45) is 0. The number of carbonyl (C=O) groups is 1. The Balaban J connectivity index is 2.52. The summed E-state index contributed by atoms with van der Waals surface area (Å²) in [6.45, 7) is 1.93. The van der Waals surface area contributed by atoms with Gasteiger partial charge in [0.1, 0.15) is 5.69 Å². The van der Waals surface area contributed by atoms with E-state index in [2.05, 4.69) is 4.98 Å². The highest BCUT2D eigenvalue weighted by Crippen LogP contribution is 2.21. The van der Waals surface area contributed by atoms with E-state index in [4.69, 9.17) is 10.8 Å². The number of aromatic carboxylic acids is 1. The number of pyridine rings is 1. The molecule has 0 spiro atoms. The quantitative estimate of drug-likeness (QED) is 0.773. The van der Waals surface area contributed by atoms with Gasteiger partial charge in [-0.05, 0) is 42.8 Å². The Labute approximate surface area is 98.7 Å². The largest absolute Gasteiger partial charge is 0.477 e. The lowest BCUT2D eigenvalue weighted by Gasteiger charge is -2.05. The predicted octanol–water partition coefficient (Wildman–Crippen LogP) is 2.34. The number of rotatable bonds is 2. The molecule has 1 aromatic heterocycles. The molecule has 1 heterocycles. The Bertz CT molecular complexity index is 559. The minimum atomic E-state index is -1.03. The summed E-state index contributed by atoms with van der Waals surface area (Å²) in [5.74, 6) is -1.03. The average Bonchev–Trinajstić information content (AvgIpc) is 2.28. The normalized spacial score (nSPS) is 10.2. The highest BCUT2D eigenvalue weighted by atomic mass is 16.4. The first kappa shape index (κ1) is 11.1. The molecule has 2 rings (SSSR count). The van der Waals surface area contributed by atoms with Crippen molar-refractivity contribution in [2.24, 2.45) is 0 Å². The maximum Gasteiger partial charge on any atom is 0.354 e. The molecule has 17 heavy (non-hydrogen) atoms. The van der Waals surface area contributed by atoms with E-state index in [1.807, 2.05) is 19.1 Å². The van der Waals surface area contributed by atoms with Crippen LogP contribution in [0, 0.1) is 6.92 Å². The van der Waals surface area contributed by atoms with Crippen LogP contribution < -0.4 is 5.73 Å². The highest BCUT2D eigenvalue weighted by molar-refractivity contribution is 5.86. The summed E-state index contributed by atoms with van der Waals surface area (Å²) in [6, 6.07) is 10.5. The third kappa shape index (κ3) is 2.42. The van der Waals surface area contributed by atoms with Crippen LogP contribution in [0.25, 0.3) is 11.3 Å². The Kier molecular flexibility index (Phi) is 2.78. The molecule has 0 saturated heterocycles. The molecule has 1 aromatic carbocycles. The van der Waals surface area contributed by atoms with Gasteiger partial charge in [-0.3, -0.25) is 0 Å². The van der Waals surface area contributed by atoms with Crippen molar-refractivity contribution in [3.05, 3.63) is 47.7 Å². The van der Waals surface area contributed by atoms with Crippen molar-refractivity contribution in [3.63, 3.8) is 0 Å². The zero-order valence-electron chi connectivity index (χ0n) is 9.34. The number of benzene rings is 1. The van der Waals surface area contributed by atoms with Gasteiger partial charge in [-0.15, -0.1) is 0 Å². The van der Waals surface area contributed by atoms with Crippen molar-refractivity contribution in [3.8, 4) is 11.3 Å². The number of nitrogen functional groups attached to an aromatic ring is 1. The molecule has 0 aliphatic heterocycles. The summed E-state index contributed by atoms with van der Waals surface area (Å²) < 4.78 is 0. The SMILES string of the molecule is Cc1cc(N)cc(-c2cccc(C(=O)O)n2)c1. The molecule has 0 aliphatic rings. The topological polar surface area (TPSA) is 76.2 Å². The van der Waals surface area contributed by atoms with Gasteiger partial charge >= 0.3 is 5.97 Å². The summed E-state index contributed by atoms with van der Waals surface area (Å²) >= 11 is 0. The van der Waals surface area contributed by atoms with E-state index in [0.717, 1.165) is 11.1 Å². The lowest BCUT2D eigenvalue weighted by molar-refractivity contribution is 0.0690. The minimum Gasteiger partial charge on any atom is -0.477 e. The molecule has 2 aromatic rings. The molecule has 0 bridgehead atoms. The molecule has 0 aliphatic carbocycles. The molecular formula is C13H12N2O2. The molecule has 4 nitrogen and oxygen atoms in total. The summed E-state index contributed by atoms with van der Waals surface area (Å²) in [4.78, 5) is 14.9. The summed E-state index contributed by atoms with van der Waals surface area (Å²) in [5.41, 5.74) is 8.87. The first-order valence-electron chi connectivity index (χ1n) is 5.14. The maximum absolute atomic E-state index is 10.8. The van der Waals surface area contributed by atoms with E-state index >= 15 is 0 Å². The number of aryl methyl sites for hydroxylation is 1. The van der Waals surface area contributed by atoms with Crippen LogP contribution in [0.3, 0.4) is 0 Å². The zero-order valence-corrected chi connectivity index (χ0v) is 9.34. The van der Waals surface area contributed by atoms with Gasteiger partial charge in [-0.25, -0.2) is 9.78 Å². The smallest absolute Gasteiger partial charge is 0.354 e. The molecule has 4 heteroatoms. The van der Waals surface area contributed by atoms with Crippen molar-refractivity contribution >= 4 is 11.7 Å². The Morgan fingerprint density at radius 1 is 1.29 bits per heavy atom. The van der Waals surface area contributed by atoms with Gasteiger partial charge in [-0.2, -0.15) is 0 Å². The van der Waals surface area contributed by atoms with Crippen molar-refractivity contribution in [1.29, 1.82) is 0 Å². The molecule has 0 saturated carbocycles. The monoisotopic (exact) mass is 228 g/mol. The fraction of sp³-hybridized carbons (Fsp3) is 0.0769. The van der Waals surface area contributed by atoms with Gasteiger partial charge in [-0.1, -0.05) is 6.07 Å². The van der Waals surface area contributed by atoms with Crippen LogP contribution in [0.1, 0.15) is 16.1 Å². The van der Waals surface area contributed by atoms with Crippen LogP contribution in [-0.2, 0) is 0 Å². The fourth-order valence-corrected chi connectivity index (χ4v) is 1.68. The van der Waals surface area contributed by atoms with E-state index in [0.29, 0.717) is 11.4 Å². The van der Waals surface area contributed by atoms with Crippen molar-refractivity contribution < 1.29 is 9.90 Å². The highest BCUT2D eigenvalue weighted by Gasteiger charge is 2.07. The van der Waals surface area contributed by atoms with Crippen molar-refractivity contribution in [2.45, 2.75) is 6.92 Å². The number of hydrogen-bond acceptors (Lipinski definition) is 3. The second kappa shape index (κ2) is 4.25. The Morgan fingerprint density at radius 2 is 2.06 bits per heavy atom. The van der Waals surface area contributed by atoms with E-state index in [1.165, 1.54) is 6.07 Å². The molecule has 0 radical (unpaired) electrons. The van der Waals surface area contributed by atoms with Crippen LogP contribution >= 0.6 is 0 Å². The summed E-state index contributed by atoms with van der Waals surface area (Å²) in [7, 11) is 0. The van der Waals surface area contributed by atoms with E-state index < -0.39 is 5.97 Å². The lowest BCUT2D eigenvalue weighted by atomic mass is 10.1. The van der Waals surface area contributed by atoms with Gasteiger partial charge in [0, 0.05) is 11.3 Å². The summed E-state index contributed by atoms with van der Waals surface area (Å²) in [5, 5.41) is 8.88. The van der Waals surface area contributed by atoms with Crippen molar-refractivity contribution in [1.82, 2.24) is 4.98 Å². The fourth-order valence-electron chi connectivity index (χ4n) is 1.68. The number of anilines is 1. The van der Waals surface area contributed by atoms with Gasteiger partial charge in [0.05, 0.1) is 5.69 Å². The number of aromatic nitrogens is 1. The number of carboxylic acid groups (broad SMARTS) is 1. The van der Waals surface area contributed by atoms with Gasteiger partial charge < -0.3 is 10.8 Å². The number of hydrogen-bond donors (Lipinski definition) is 2. The zero-order chi connectivity index (χ0) is 12.4. The maximum atomic E-state index is 10.8. The predicted molar refractivity (Wildman–Crippen MR) is 65.8 cm³/mol. The Morgan fingerprint density at radius 3 is 2.71 bits per heavy atom. The van der Waals surface area contributed by atoms with Crippen LogP contribution in [0.2, 0.25) is 0 Å². The van der Waals surface area contributed by atoms with Crippen LogP contribution in [0.4, 0.5) is 5.69 Å². The molecule has 0 fully saturated rings. The first-order valence-corrected chi connectivity index (χ1v) is 5.14. The number of carboxylic acids is 1. The van der Waals surface area contributed by atoms with E-state index in [1.54, 1.807) is 18.2 Å². The molecule has 0 amide bonds. The molecular weight excluding hydrogens is 216 g/mol. The Hall–Kier alpha value is -2.36. The second-order valence-electron chi connectivity index (χ2n) is 3.85. The van der Waals surface area contributed by atoms with E-state index in [9.17, 15) is 4.79 Å². The van der Waals surface area contributed by atoms with Crippen LogP contribution in [-0.4, -0.2) is 16.1 Å². The molecule has 0 atom stereocenters. The van der Waals surface area contributed by atoms with Crippen LogP contribution in [0.15, 0.2) is 36.4 Å². The van der Waals surface area contributed by atoms with Crippen LogP contribution in [0.5, 0.6) is 0 Å². The average molecular weight is 228 g/mol. The van der Waals surface area contributed by atoms with Gasteiger partial charge in [0.25, 0.3) is 0 Å². The molecule has 3 N–H and O–H groups in total. The second-order valence-corrected chi connectivity index (χ2v) is 3.85. The number of nitrogens with zero attached hydrogens (tertiary/aromatic N) is 1. The first-order chi connectivity index (χ1) is 8.06. The van der Waals surface area contributed by atoms with Crippen molar-refractivity contribution in [2.75, 3.05) is 5.73 Å². The van der Waals surface area contributed by atoms with Gasteiger partial charge in [0.2, 0.25) is 0 Å². The number of nitrogens with two attached hydrogens (primary N) is 1. The standard InChI is InChI=1S/C13H12N2O2/c1-8-5-9(7-10(14)6-8)11-3-2-4-12(15-11)13(16)17/h2-7H,14H2,1H3,(H,16,17).